The maximum atomic E-state index is 13.4. The van der Waals surface area contributed by atoms with Gasteiger partial charge in [-0.2, -0.15) is 0 Å². The lowest BCUT2D eigenvalue weighted by Gasteiger charge is -2.29. The van der Waals surface area contributed by atoms with Crippen molar-refractivity contribution in [1.82, 2.24) is 14.9 Å². The molecule has 1 fully saturated rings. The number of hydrogen-bond donors (Lipinski definition) is 2. The van der Waals surface area contributed by atoms with Crippen LogP contribution in [0.15, 0.2) is 41.5 Å². The van der Waals surface area contributed by atoms with Gasteiger partial charge in [0.05, 0.1) is 12.5 Å². The van der Waals surface area contributed by atoms with Crippen LogP contribution in [0.4, 0.5) is 5.82 Å². The topological polar surface area (TPSA) is 105 Å². The van der Waals surface area contributed by atoms with Crippen molar-refractivity contribution in [1.29, 1.82) is 0 Å². The summed E-state index contributed by atoms with van der Waals surface area (Å²) in [5.41, 5.74) is 1.26. The maximum absolute atomic E-state index is 13.4. The predicted octanol–water partition coefficient (Wildman–Crippen LogP) is 3.85. The zero-order valence-corrected chi connectivity index (χ0v) is 20.7. The van der Waals surface area contributed by atoms with Crippen molar-refractivity contribution in [2.24, 2.45) is 5.92 Å². The smallest absolute Gasteiger partial charge is 0.305 e. The molecule has 2 N–H and O–H groups in total. The number of pyridine rings is 2. The second kappa shape index (κ2) is 10.8. The molecule has 2 aromatic rings. The molecule has 1 aliphatic heterocycles. The number of carbonyl (C=O) groups excluding carboxylic acids is 1. The Morgan fingerprint density at radius 3 is 2.44 bits per heavy atom. The second-order valence-electron chi connectivity index (χ2n) is 9.88. The van der Waals surface area contributed by atoms with Gasteiger partial charge in [-0.1, -0.05) is 13.8 Å². The van der Waals surface area contributed by atoms with Gasteiger partial charge in [-0.3, -0.25) is 14.4 Å². The Labute approximate surface area is 201 Å². The molecule has 0 aliphatic carbocycles. The lowest BCUT2D eigenvalue weighted by Crippen LogP contribution is -2.40. The predicted molar refractivity (Wildman–Crippen MR) is 132 cm³/mol. The van der Waals surface area contributed by atoms with Gasteiger partial charge >= 0.3 is 5.97 Å². The van der Waals surface area contributed by atoms with Crippen LogP contribution in [-0.2, 0) is 9.59 Å². The largest absolute Gasteiger partial charge is 0.481 e. The highest BCUT2D eigenvalue weighted by molar-refractivity contribution is 5.81. The van der Waals surface area contributed by atoms with Crippen LogP contribution in [0.3, 0.4) is 0 Å². The molecule has 0 spiro atoms. The zero-order valence-electron chi connectivity index (χ0n) is 20.7. The summed E-state index contributed by atoms with van der Waals surface area (Å²) in [6.45, 7) is 10.1. The molecule has 1 saturated heterocycles. The standard InChI is InChI=1S/C26H36N4O4/c1-16(2)12-22(29-11-9-17(3)13-24(29)31)26(34)28-21(15-25(32)33)20-8-10-27-23(14-20)30-18(4)6-7-19(30)5/h8-11,13-14,16,18-19,21-22H,6-7,12,15H2,1-5H3,(H,28,34)(H,32,33)/t18-,19+,21-,22-/m0/s1. The molecule has 0 bridgehead atoms. The van der Waals surface area contributed by atoms with Gasteiger partial charge in [0.2, 0.25) is 5.91 Å². The average Bonchev–Trinajstić information content (AvgIpc) is 3.09. The number of carboxylic acids is 1. The third-order valence-electron chi connectivity index (χ3n) is 6.52. The van der Waals surface area contributed by atoms with Crippen molar-refractivity contribution in [3.8, 4) is 0 Å². The first-order valence-electron chi connectivity index (χ1n) is 12.0. The van der Waals surface area contributed by atoms with Crippen molar-refractivity contribution in [3.63, 3.8) is 0 Å². The molecule has 34 heavy (non-hydrogen) atoms. The van der Waals surface area contributed by atoms with E-state index in [9.17, 15) is 19.5 Å². The molecular weight excluding hydrogens is 432 g/mol. The number of aliphatic carboxylic acids is 1. The average molecular weight is 469 g/mol. The van der Waals surface area contributed by atoms with Crippen molar-refractivity contribution >= 4 is 17.7 Å². The van der Waals surface area contributed by atoms with Crippen LogP contribution in [0.1, 0.15) is 76.6 Å². The molecule has 0 radical (unpaired) electrons. The fraction of sp³-hybridized carbons (Fsp3) is 0.538. The first-order chi connectivity index (χ1) is 16.1. The third kappa shape index (κ3) is 6.04. The molecule has 1 amide bonds. The van der Waals surface area contributed by atoms with Crippen LogP contribution in [0, 0.1) is 12.8 Å². The van der Waals surface area contributed by atoms with Crippen LogP contribution in [-0.4, -0.2) is 38.6 Å². The highest BCUT2D eigenvalue weighted by Gasteiger charge is 2.30. The molecule has 1 aliphatic rings. The Bertz CT molecular complexity index is 1070. The summed E-state index contributed by atoms with van der Waals surface area (Å²) in [5.74, 6) is -0.438. The van der Waals surface area contributed by atoms with E-state index in [1.807, 2.05) is 26.8 Å². The van der Waals surface area contributed by atoms with E-state index in [0.29, 0.717) is 24.1 Å². The fourth-order valence-electron chi connectivity index (χ4n) is 4.77. The normalized spacial score (nSPS) is 19.8. The summed E-state index contributed by atoms with van der Waals surface area (Å²) in [6.07, 6.45) is 5.64. The van der Waals surface area contributed by atoms with Gasteiger partial charge in [-0.05, 0) is 75.3 Å². The van der Waals surface area contributed by atoms with Gasteiger partial charge in [-0.25, -0.2) is 4.98 Å². The third-order valence-corrected chi connectivity index (χ3v) is 6.52. The number of anilines is 1. The van der Waals surface area contributed by atoms with Crippen LogP contribution < -0.4 is 15.8 Å². The molecule has 3 heterocycles. The number of rotatable bonds is 9. The number of hydrogen-bond acceptors (Lipinski definition) is 5. The highest BCUT2D eigenvalue weighted by atomic mass is 16.4. The molecule has 8 nitrogen and oxygen atoms in total. The Hall–Kier alpha value is -3.16. The van der Waals surface area contributed by atoms with Gasteiger partial charge in [0.15, 0.2) is 0 Å². The first-order valence-corrected chi connectivity index (χ1v) is 12.0. The summed E-state index contributed by atoms with van der Waals surface area (Å²) in [4.78, 5) is 44.5. The quantitative estimate of drug-likeness (QED) is 0.579. The molecule has 4 atom stereocenters. The maximum Gasteiger partial charge on any atom is 0.305 e. The molecule has 0 unspecified atom stereocenters. The molecule has 0 aromatic carbocycles. The Kier molecular flexibility index (Phi) is 8.12. The van der Waals surface area contributed by atoms with Gasteiger partial charge in [0, 0.05) is 30.5 Å². The van der Waals surface area contributed by atoms with Crippen LogP contribution in [0.5, 0.6) is 0 Å². The molecule has 184 valence electrons. The Balaban J connectivity index is 1.92. The summed E-state index contributed by atoms with van der Waals surface area (Å²) in [7, 11) is 0. The van der Waals surface area contributed by atoms with Crippen molar-refractivity contribution in [2.45, 2.75) is 84.5 Å². The van der Waals surface area contributed by atoms with E-state index in [4.69, 9.17) is 0 Å². The summed E-state index contributed by atoms with van der Waals surface area (Å²) < 4.78 is 1.44. The summed E-state index contributed by atoms with van der Waals surface area (Å²) in [5, 5.41) is 12.5. The lowest BCUT2D eigenvalue weighted by atomic mass is 10.00. The van der Waals surface area contributed by atoms with E-state index in [1.54, 1.807) is 24.5 Å². The lowest BCUT2D eigenvalue weighted by molar-refractivity contribution is -0.138. The van der Waals surface area contributed by atoms with E-state index in [2.05, 4.69) is 29.0 Å². The van der Waals surface area contributed by atoms with E-state index in [-0.39, 0.29) is 23.8 Å². The van der Waals surface area contributed by atoms with E-state index < -0.39 is 18.1 Å². The van der Waals surface area contributed by atoms with Crippen LogP contribution >= 0.6 is 0 Å². The SMILES string of the molecule is Cc1ccn([C@@H](CC(C)C)C(=O)N[C@@H](CC(=O)O)c2ccnc(N3[C@H](C)CC[C@@H]3C)c2)c(=O)c1. The molecule has 3 rings (SSSR count). The van der Waals surface area contributed by atoms with Gasteiger partial charge in [-0.15, -0.1) is 0 Å². The number of aryl methyl sites for hydroxylation is 1. The monoisotopic (exact) mass is 468 g/mol. The molecule has 2 aromatic heterocycles. The van der Waals surface area contributed by atoms with Crippen LogP contribution in [0.2, 0.25) is 0 Å². The van der Waals surface area contributed by atoms with Crippen molar-refractivity contribution in [3.05, 3.63) is 58.1 Å². The number of nitrogens with zero attached hydrogens (tertiary/aromatic N) is 3. The minimum atomic E-state index is -1.01. The van der Waals surface area contributed by atoms with Crippen molar-refractivity contribution < 1.29 is 14.7 Å². The minimum Gasteiger partial charge on any atom is -0.481 e. The number of aromatic nitrogens is 2. The molecular formula is C26H36N4O4. The number of amides is 1. The number of carbonyl (C=O) groups is 2. The summed E-state index contributed by atoms with van der Waals surface area (Å²) in [6, 6.07) is 6.14. The fourth-order valence-corrected chi connectivity index (χ4v) is 4.77. The number of carboxylic acid groups (broad SMARTS) is 1. The van der Waals surface area contributed by atoms with Gasteiger partial charge in [0.25, 0.3) is 5.56 Å². The number of nitrogens with one attached hydrogen (secondary N) is 1. The Morgan fingerprint density at radius 2 is 1.85 bits per heavy atom. The van der Waals surface area contributed by atoms with Crippen LogP contribution in [0.25, 0.3) is 0 Å². The van der Waals surface area contributed by atoms with Gasteiger partial charge in [0.1, 0.15) is 11.9 Å². The minimum absolute atomic E-state index is 0.160. The van der Waals surface area contributed by atoms with E-state index in [1.165, 1.54) is 10.6 Å². The second-order valence-corrected chi connectivity index (χ2v) is 9.88. The van der Waals surface area contributed by atoms with E-state index >= 15 is 0 Å². The van der Waals surface area contributed by atoms with Crippen molar-refractivity contribution in [2.75, 3.05) is 4.90 Å². The molecule has 8 heteroatoms. The molecule has 0 saturated carbocycles. The van der Waals surface area contributed by atoms with E-state index in [0.717, 1.165) is 24.2 Å². The summed E-state index contributed by atoms with van der Waals surface area (Å²) >= 11 is 0. The highest BCUT2D eigenvalue weighted by Crippen LogP contribution is 2.31. The Morgan fingerprint density at radius 1 is 1.18 bits per heavy atom. The van der Waals surface area contributed by atoms with Gasteiger partial charge < -0.3 is 19.9 Å². The zero-order chi connectivity index (χ0) is 25.0. The first kappa shape index (κ1) is 25.5.